The lowest BCUT2D eigenvalue weighted by Crippen LogP contribution is -2.46. The number of carboxylic acid groups (broad SMARTS) is 1. The molecule has 0 aliphatic heterocycles. The number of carboxylic acids is 1. The zero-order valence-corrected chi connectivity index (χ0v) is 10.2. The first-order valence-electron chi connectivity index (χ1n) is 6.34. The van der Waals surface area contributed by atoms with Crippen LogP contribution in [0.25, 0.3) is 0 Å². The van der Waals surface area contributed by atoms with E-state index in [1.165, 1.54) is 0 Å². The van der Waals surface area contributed by atoms with Crippen LogP contribution < -0.4 is 5.32 Å². The van der Waals surface area contributed by atoms with Gasteiger partial charge in [-0.25, -0.2) is 4.79 Å². The van der Waals surface area contributed by atoms with E-state index in [-0.39, 0.29) is 18.0 Å². The number of nitrogens with zero attached hydrogens (tertiary/aromatic N) is 1. The Morgan fingerprint density at radius 3 is 2.53 bits per heavy atom. The summed E-state index contributed by atoms with van der Waals surface area (Å²) in [7, 11) is 1.81. The summed E-state index contributed by atoms with van der Waals surface area (Å²) in [5.41, 5.74) is 0. The van der Waals surface area contributed by atoms with Crippen molar-refractivity contribution in [3.8, 4) is 0 Å². The zero-order valence-electron chi connectivity index (χ0n) is 10.2. The summed E-state index contributed by atoms with van der Waals surface area (Å²) in [6.45, 7) is 0. The van der Waals surface area contributed by atoms with Gasteiger partial charge >= 0.3 is 12.0 Å². The highest BCUT2D eigenvalue weighted by molar-refractivity contribution is 5.75. The van der Waals surface area contributed by atoms with Gasteiger partial charge in [-0.2, -0.15) is 0 Å². The fourth-order valence-corrected chi connectivity index (χ4v) is 2.45. The second-order valence-electron chi connectivity index (χ2n) is 5.19. The van der Waals surface area contributed by atoms with Crippen molar-refractivity contribution < 1.29 is 14.7 Å². The quantitative estimate of drug-likeness (QED) is 0.784. The fourth-order valence-electron chi connectivity index (χ4n) is 2.45. The van der Waals surface area contributed by atoms with Crippen LogP contribution in [0.2, 0.25) is 0 Å². The van der Waals surface area contributed by atoms with E-state index in [0.29, 0.717) is 12.5 Å². The van der Waals surface area contributed by atoms with E-state index in [1.807, 2.05) is 7.05 Å². The third-order valence-electron chi connectivity index (χ3n) is 3.77. The van der Waals surface area contributed by atoms with Crippen LogP contribution in [0.5, 0.6) is 0 Å². The molecule has 96 valence electrons. The number of carbonyl (C=O) groups excluding carboxylic acids is 1. The van der Waals surface area contributed by atoms with E-state index in [1.54, 1.807) is 4.90 Å². The second kappa shape index (κ2) is 4.94. The minimum atomic E-state index is -0.737. The van der Waals surface area contributed by atoms with Gasteiger partial charge in [0.2, 0.25) is 0 Å². The van der Waals surface area contributed by atoms with Crippen LogP contribution in [0, 0.1) is 5.92 Å². The second-order valence-corrected chi connectivity index (χ2v) is 5.19. The van der Waals surface area contributed by atoms with Gasteiger partial charge in [-0.05, 0) is 32.1 Å². The molecule has 0 aromatic carbocycles. The van der Waals surface area contributed by atoms with E-state index >= 15 is 0 Å². The first kappa shape index (κ1) is 12.2. The predicted molar refractivity (Wildman–Crippen MR) is 62.7 cm³/mol. The molecule has 0 saturated heterocycles. The molecule has 2 rings (SSSR count). The lowest BCUT2D eigenvalue weighted by Gasteiger charge is -2.29. The molecule has 5 heteroatoms. The van der Waals surface area contributed by atoms with Crippen LogP contribution in [0.15, 0.2) is 0 Å². The van der Waals surface area contributed by atoms with Crippen LogP contribution in [-0.2, 0) is 4.79 Å². The van der Waals surface area contributed by atoms with Crippen molar-refractivity contribution in [3.63, 3.8) is 0 Å². The van der Waals surface area contributed by atoms with Crippen molar-refractivity contribution in [1.82, 2.24) is 10.2 Å². The third-order valence-corrected chi connectivity index (χ3v) is 3.77. The van der Waals surface area contributed by atoms with Gasteiger partial charge in [-0.1, -0.05) is 6.42 Å². The van der Waals surface area contributed by atoms with Crippen LogP contribution >= 0.6 is 0 Å². The first-order valence-corrected chi connectivity index (χ1v) is 6.34. The van der Waals surface area contributed by atoms with Gasteiger partial charge in [-0.3, -0.25) is 4.79 Å². The summed E-state index contributed by atoms with van der Waals surface area (Å²) >= 11 is 0. The average Bonchev–Trinajstić information content (AvgIpc) is 3.12. The van der Waals surface area contributed by atoms with Crippen molar-refractivity contribution in [2.24, 2.45) is 5.92 Å². The van der Waals surface area contributed by atoms with E-state index in [0.717, 1.165) is 32.1 Å². The van der Waals surface area contributed by atoms with Gasteiger partial charge in [0.25, 0.3) is 0 Å². The van der Waals surface area contributed by atoms with Crippen LogP contribution in [-0.4, -0.2) is 41.1 Å². The van der Waals surface area contributed by atoms with E-state index < -0.39 is 5.97 Å². The molecule has 0 spiro atoms. The molecule has 2 amide bonds. The number of hydrogen-bond acceptors (Lipinski definition) is 2. The summed E-state index contributed by atoms with van der Waals surface area (Å²) < 4.78 is 0. The number of aliphatic carboxylic acids is 1. The van der Waals surface area contributed by atoms with Gasteiger partial charge < -0.3 is 15.3 Å². The molecule has 2 fully saturated rings. The number of hydrogen-bond donors (Lipinski definition) is 2. The normalized spacial score (nSPS) is 28.5. The molecule has 2 aliphatic carbocycles. The number of carbonyl (C=O) groups is 2. The largest absolute Gasteiger partial charge is 0.481 e. The average molecular weight is 240 g/mol. The maximum absolute atomic E-state index is 11.8. The van der Waals surface area contributed by atoms with Crippen molar-refractivity contribution in [2.75, 3.05) is 7.05 Å². The van der Waals surface area contributed by atoms with Crippen molar-refractivity contribution in [1.29, 1.82) is 0 Å². The standard InChI is InChI=1S/C12H20N2O3/c1-14(10-5-6-10)12(17)13-9-4-2-3-8(7-9)11(15)16/h8-10H,2-7H2,1H3,(H,13,17)(H,15,16). The topological polar surface area (TPSA) is 69.6 Å². The monoisotopic (exact) mass is 240 g/mol. The zero-order chi connectivity index (χ0) is 12.4. The fraction of sp³-hybridized carbons (Fsp3) is 0.833. The van der Waals surface area contributed by atoms with Crippen LogP contribution in [0.1, 0.15) is 38.5 Å². The summed E-state index contributed by atoms with van der Waals surface area (Å²) in [6.07, 6.45) is 5.27. The molecule has 17 heavy (non-hydrogen) atoms. The Morgan fingerprint density at radius 1 is 1.24 bits per heavy atom. The minimum absolute atomic E-state index is 0.0264. The molecule has 0 bridgehead atoms. The van der Waals surface area contributed by atoms with E-state index in [4.69, 9.17) is 5.11 Å². The summed E-state index contributed by atoms with van der Waals surface area (Å²) in [4.78, 5) is 24.5. The summed E-state index contributed by atoms with van der Waals surface area (Å²) in [6, 6.07) is 0.371. The molecule has 0 aromatic rings. The Kier molecular flexibility index (Phi) is 3.54. The van der Waals surface area contributed by atoms with Gasteiger partial charge in [0.15, 0.2) is 0 Å². The molecular weight excluding hydrogens is 220 g/mol. The molecule has 2 N–H and O–H groups in total. The number of rotatable bonds is 3. The minimum Gasteiger partial charge on any atom is -0.481 e. The lowest BCUT2D eigenvalue weighted by molar-refractivity contribution is -0.143. The molecule has 5 nitrogen and oxygen atoms in total. The Hall–Kier alpha value is -1.26. The predicted octanol–water partition coefficient (Wildman–Crippen LogP) is 1.43. The van der Waals surface area contributed by atoms with Gasteiger partial charge in [-0.15, -0.1) is 0 Å². The molecule has 2 atom stereocenters. The van der Waals surface area contributed by atoms with E-state index in [2.05, 4.69) is 5.32 Å². The van der Waals surface area contributed by atoms with E-state index in [9.17, 15) is 9.59 Å². The molecule has 2 saturated carbocycles. The molecule has 0 aromatic heterocycles. The van der Waals surface area contributed by atoms with Crippen molar-refractivity contribution in [2.45, 2.75) is 50.6 Å². The number of urea groups is 1. The van der Waals surface area contributed by atoms with Crippen LogP contribution in [0.3, 0.4) is 0 Å². The maximum Gasteiger partial charge on any atom is 0.317 e. The first-order chi connectivity index (χ1) is 8.08. The number of nitrogens with one attached hydrogen (secondary N) is 1. The Labute approximate surface area is 101 Å². The highest BCUT2D eigenvalue weighted by Crippen LogP contribution is 2.27. The maximum atomic E-state index is 11.8. The molecule has 2 aliphatic rings. The highest BCUT2D eigenvalue weighted by atomic mass is 16.4. The van der Waals surface area contributed by atoms with Gasteiger partial charge in [0.1, 0.15) is 0 Å². The molecule has 0 heterocycles. The lowest BCUT2D eigenvalue weighted by atomic mass is 9.86. The third kappa shape index (κ3) is 3.11. The SMILES string of the molecule is CN(C(=O)NC1CCCC(C(=O)O)C1)C1CC1. The smallest absolute Gasteiger partial charge is 0.317 e. The van der Waals surface area contributed by atoms with Crippen LogP contribution in [0.4, 0.5) is 4.79 Å². The van der Waals surface area contributed by atoms with Crippen molar-refractivity contribution in [3.05, 3.63) is 0 Å². The summed E-state index contributed by atoms with van der Waals surface area (Å²) in [5, 5.41) is 11.9. The Balaban J connectivity index is 1.81. The van der Waals surface area contributed by atoms with Crippen molar-refractivity contribution >= 4 is 12.0 Å². The summed E-state index contributed by atoms with van der Waals surface area (Å²) in [5.74, 6) is -1.03. The Morgan fingerprint density at radius 2 is 1.94 bits per heavy atom. The highest BCUT2D eigenvalue weighted by Gasteiger charge is 2.32. The van der Waals surface area contributed by atoms with Gasteiger partial charge in [0.05, 0.1) is 5.92 Å². The van der Waals surface area contributed by atoms with Gasteiger partial charge in [0, 0.05) is 19.1 Å². The number of amides is 2. The molecule has 2 unspecified atom stereocenters. The molecule has 0 radical (unpaired) electrons. The Bertz CT molecular complexity index is 315. The molecular formula is C12H20N2O3.